The van der Waals surface area contributed by atoms with Crippen LogP contribution in [0.3, 0.4) is 0 Å². The fraction of sp³-hybridized carbons (Fsp3) is 0.333. The van der Waals surface area contributed by atoms with Gasteiger partial charge in [0, 0.05) is 12.1 Å². The lowest BCUT2D eigenvalue weighted by Gasteiger charge is -2.18. The Morgan fingerprint density at radius 1 is 1.33 bits per heavy atom. The van der Waals surface area contributed by atoms with E-state index in [2.05, 4.69) is 11.9 Å². The molecule has 0 saturated heterocycles. The van der Waals surface area contributed by atoms with E-state index < -0.39 is 0 Å². The SMILES string of the molecule is CCCCN(C(=O)c1ccc(Cl)c(Cl)c1)c1nc(C)co1. The normalized spacial score (nSPS) is 10.7. The van der Waals surface area contributed by atoms with Gasteiger partial charge < -0.3 is 4.42 Å². The molecule has 0 saturated carbocycles. The molecule has 0 spiro atoms. The molecule has 0 aliphatic carbocycles. The number of anilines is 1. The van der Waals surface area contributed by atoms with E-state index in [1.807, 2.05) is 6.92 Å². The van der Waals surface area contributed by atoms with Crippen molar-refractivity contribution in [3.8, 4) is 0 Å². The zero-order chi connectivity index (χ0) is 15.4. The first-order chi connectivity index (χ1) is 10.0. The van der Waals surface area contributed by atoms with Gasteiger partial charge in [-0.05, 0) is 31.5 Å². The van der Waals surface area contributed by atoms with Crippen molar-refractivity contribution < 1.29 is 9.21 Å². The van der Waals surface area contributed by atoms with Gasteiger partial charge in [0.2, 0.25) is 0 Å². The summed E-state index contributed by atoms with van der Waals surface area (Å²) in [4.78, 5) is 18.4. The van der Waals surface area contributed by atoms with Crippen molar-refractivity contribution in [2.75, 3.05) is 11.4 Å². The predicted octanol–water partition coefficient (Wildman–Crippen LogP) is 4.74. The number of amides is 1. The van der Waals surface area contributed by atoms with E-state index in [0.29, 0.717) is 28.2 Å². The van der Waals surface area contributed by atoms with Gasteiger partial charge >= 0.3 is 6.01 Å². The first-order valence-electron chi connectivity index (χ1n) is 6.72. The standard InChI is InChI=1S/C15H16Cl2N2O2/c1-3-4-7-19(15-18-10(2)9-21-15)14(20)11-5-6-12(16)13(17)8-11/h5-6,8-9H,3-4,7H2,1-2H3. The molecule has 1 aromatic carbocycles. The quantitative estimate of drug-likeness (QED) is 0.797. The Hall–Kier alpha value is -1.52. The van der Waals surface area contributed by atoms with Crippen LogP contribution in [-0.4, -0.2) is 17.4 Å². The number of oxazole rings is 1. The molecular formula is C15H16Cl2N2O2. The van der Waals surface area contributed by atoms with Gasteiger partial charge in [0.25, 0.3) is 5.91 Å². The lowest BCUT2D eigenvalue weighted by atomic mass is 10.2. The highest BCUT2D eigenvalue weighted by Crippen LogP contribution is 2.24. The summed E-state index contributed by atoms with van der Waals surface area (Å²) >= 11 is 11.9. The van der Waals surface area contributed by atoms with Crippen LogP contribution in [0.1, 0.15) is 35.8 Å². The molecule has 2 rings (SSSR count). The van der Waals surface area contributed by atoms with Crippen molar-refractivity contribution in [3.63, 3.8) is 0 Å². The number of benzene rings is 1. The molecule has 0 aliphatic heterocycles. The summed E-state index contributed by atoms with van der Waals surface area (Å²) in [7, 11) is 0. The first-order valence-corrected chi connectivity index (χ1v) is 7.47. The fourth-order valence-electron chi connectivity index (χ4n) is 1.85. The van der Waals surface area contributed by atoms with E-state index in [-0.39, 0.29) is 5.91 Å². The third-order valence-electron chi connectivity index (χ3n) is 2.98. The molecule has 112 valence electrons. The molecule has 1 heterocycles. The van der Waals surface area contributed by atoms with Crippen molar-refractivity contribution in [3.05, 3.63) is 45.8 Å². The van der Waals surface area contributed by atoms with Crippen LogP contribution in [-0.2, 0) is 0 Å². The second-order valence-electron chi connectivity index (χ2n) is 4.71. The van der Waals surface area contributed by atoms with Gasteiger partial charge in [-0.1, -0.05) is 36.5 Å². The Bertz CT molecular complexity index is 640. The fourth-order valence-corrected chi connectivity index (χ4v) is 2.15. The van der Waals surface area contributed by atoms with Gasteiger partial charge in [-0.2, -0.15) is 4.98 Å². The van der Waals surface area contributed by atoms with E-state index in [0.717, 1.165) is 18.5 Å². The first kappa shape index (κ1) is 15.9. The monoisotopic (exact) mass is 326 g/mol. The second-order valence-corrected chi connectivity index (χ2v) is 5.53. The maximum absolute atomic E-state index is 12.6. The third-order valence-corrected chi connectivity index (χ3v) is 3.72. The Morgan fingerprint density at radius 2 is 2.10 bits per heavy atom. The van der Waals surface area contributed by atoms with Crippen LogP contribution in [0.5, 0.6) is 0 Å². The van der Waals surface area contributed by atoms with Gasteiger partial charge in [0.1, 0.15) is 6.26 Å². The molecule has 0 unspecified atom stereocenters. The zero-order valence-corrected chi connectivity index (χ0v) is 13.4. The number of unbranched alkanes of at least 4 members (excludes halogenated alkanes) is 1. The number of nitrogens with zero attached hydrogens (tertiary/aromatic N) is 2. The maximum atomic E-state index is 12.6. The van der Waals surface area contributed by atoms with E-state index >= 15 is 0 Å². The van der Waals surface area contributed by atoms with Gasteiger partial charge in [-0.15, -0.1) is 0 Å². The number of aryl methyl sites for hydroxylation is 1. The molecule has 21 heavy (non-hydrogen) atoms. The molecule has 0 bridgehead atoms. The van der Waals surface area contributed by atoms with Crippen LogP contribution in [0.15, 0.2) is 28.9 Å². The van der Waals surface area contributed by atoms with E-state index in [4.69, 9.17) is 27.6 Å². The molecule has 2 aromatic rings. The molecule has 0 fully saturated rings. The summed E-state index contributed by atoms with van der Waals surface area (Å²) in [5.41, 5.74) is 1.18. The maximum Gasteiger partial charge on any atom is 0.304 e. The van der Waals surface area contributed by atoms with Gasteiger partial charge in [-0.25, -0.2) is 0 Å². The molecule has 0 radical (unpaired) electrons. The Balaban J connectivity index is 2.31. The van der Waals surface area contributed by atoms with Crippen LogP contribution in [0.4, 0.5) is 6.01 Å². The highest BCUT2D eigenvalue weighted by molar-refractivity contribution is 6.42. The van der Waals surface area contributed by atoms with Crippen molar-refractivity contribution >= 4 is 35.1 Å². The third kappa shape index (κ3) is 3.77. The highest BCUT2D eigenvalue weighted by Gasteiger charge is 2.22. The summed E-state index contributed by atoms with van der Waals surface area (Å²) in [5.74, 6) is -0.205. The lowest BCUT2D eigenvalue weighted by Crippen LogP contribution is -2.32. The summed E-state index contributed by atoms with van der Waals surface area (Å²) < 4.78 is 5.36. The summed E-state index contributed by atoms with van der Waals surface area (Å²) in [6.07, 6.45) is 3.34. The Labute approximate surface area is 133 Å². The molecule has 0 atom stereocenters. The molecule has 0 aliphatic rings. The average Bonchev–Trinajstić information content (AvgIpc) is 2.88. The van der Waals surface area contributed by atoms with Crippen molar-refractivity contribution in [1.29, 1.82) is 0 Å². The molecular weight excluding hydrogens is 311 g/mol. The van der Waals surface area contributed by atoms with E-state index in [1.165, 1.54) is 11.2 Å². The molecule has 6 heteroatoms. The van der Waals surface area contributed by atoms with Crippen LogP contribution < -0.4 is 4.90 Å². The minimum absolute atomic E-state index is 0.205. The number of aromatic nitrogens is 1. The second kappa shape index (κ2) is 6.96. The summed E-state index contributed by atoms with van der Waals surface area (Å²) in [5, 5.41) is 0.766. The Morgan fingerprint density at radius 3 is 2.67 bits per heavy atom. The predicted molar refractivity (Wildman–Crippen MR) is 84.3 cm³/mol. The van der Waals surface area contributed by atoms with Crippen molar-refractivity contribution in [2.24, 2.45) is 0 Å². The number of carbonyl (C=O) groups is 1. The van der Waals surface area contributed by atoms with Crippen LogP contribution in [0.2, 0.25) is 10.0 Å². The van der Waals surface area contributed by atoms with E-state index in [1.54, 1.807) is 18.2 Å². The molecule has 1 aromatic heterocycles. The minimum Gasteiger partial charge on any atom is -0.431 e. The van der Waals surface area contributed by atoms with Crippen LogP contribution in [0.25, 0.3) is 0 Å². The lowest BCUT2D eigenvalue weighted by molar-refractivity contribution is 0.0981. The smallest absolute Gasteiger partial charge is 0.304 e. The zero-order valence-electron chi connectivity index (χ0n) is 11.9. The van der Waals surface area contributed by atoms with Crippen molar-refractivity contribution in [1.82, 2.24) is 4.98 Å². The van der Waals surface area contributed by atoms with Crippen LogP contribution >= 0.6 is 23.2 Å². The van der Waals surface area contributed by atoms with Gasteiger partial charge in [0.05, 0.1) is 15.7 Å². The highest BCUT2D eigenvalue weighted by atomic mass is 35.5. The van der Waals surface area contributed by atoms with Gasteiger partial charge in [-0.3, -0.25) is 9.69 Å². The Kier molecular flexibility index (Phi) is 5.26. The van der Waals surface area contributed by atoms with Crippen LogP contribution in [0, 0.1) is 6.92 Å². The summed E-state index contributed by atoms with van der Waals surface area (Å²) in [6, 6.07) is 5.11. The molecule has 1 amide bonds. The van der Waals surface area contributed by atoms with E-state index in [9.17, 15) is 4.79 Å². The average molecular weight is 327 g/mol. The number of rotatable bonds is 5. The number of hydrogen-bond donors (Lipinski definition) is 0. The molecule has 4 nitrogen and oxygen atoms in total. The number of hydrogen-bond acceptors (Lipinski definition) is 3. The number of carbonyl (C=O) groups excluding carboxylic acids is 1. The van der Waals surface area contributed by atoms with Gasteiger partial charge in [0.15, 0.2) is 0 Å². The number of halogens is 2. The largest absolute Gasteiger partial charge is 0.431 e. The topological polar surface area (TPSA) is 46.3 Å². The summed E-state index contributed by atoms with van der Waals surface area (Å²) in [6.45, 7) is 4.41. The van der Waals surface area contributed by atoms with Crippen molar-refractivity contribution in [2.45, 2.75) is 26.7 Å². The minimum atomic E-state index is -0.205. The molecule has 0 N–H and O–H groups in total.